The number of hydrogen-bond acceptors (Lipinski definition) is 5. The number of nitrogens with one attached hydrogen (secondary N) is 1. The van der Waals surface area contributed by atoms with Crippen molar-refractivity contribution in [2.24, 2.45) is 11.1 Å². The molecule has 2 aromatic rings. The minimum absolute atomic E-state index is 0.0173. The second-order valence-electron chi connectivity index (χ2n) is 7.47. The van der Waals surface area contributed by atoms with Crippen LogP contribution in [0.3, 0.4) is 0 Å². The Hall–Kier alpha value is -1.58. The van der Waals surface area contributed by atoms with E-state index in [9.17, 15) is 13.2 Å². The molecule has 9 heteroatoms. The highest BCUT2D eigenvalue weighted by molar-refractivity contribution is 8.00. The quantitative estimate of drug-likeness (QED) is 0.694. The molecular formula is C19H28N4O3S2. The van der Waals surface area contributed by atoms with E-state index in [1.54, 1.807) is 6.07 Å². The molecular weight excluding hydrogens is 396 g/mol. The lowest BCUT2D eigenvalue weighted by molar-refractivity contribution is -0.121. The number of aromatic nitrogens is 2. The van der Waals surface area contributed by atoms with Crippen molar-refractivity contribution < 1.29 is 13.2 Å². The average Bonchev–Trinajstić information content (AvgIpc) is 2.98. The minimum atomic E-state index is -3.78. The fourth-order valence-corrected chi connectivity index (χ4v) is 5.23. The Balaban J connectivity index is 1.79. The number of thioether (sulfide) groups is 1. The van der Waals surface area contributed by atoms with E-state index < -0.39 is 10.0 Å². The van der Waals surface area contributed by atoms with Crippen molar-refractivity contribution in [2.45, 2.75) is 74.3 Å². The molecule has 1 aromatic carbocycles. The van der Waals surface area contributed by atoms with Gasteiger partial charge in [0.25, 0.3) is 0 Å². The summed E-state index contributed by atoms with van der Waals surface area (Å²) < 4.78 is 25.2. The maximum atomic E-state index is 12.7. The molecule has 3 rings (SSSR count). The van der Waals surface area contributed by atoms with Gasteiger partial charge in [0.2, 0.25) is 15.9 Å². The molecule has 1 amide bonds. The Kier molecular flexibility index (Phi) is 6.36. The number of carbonyl (C=O) groups excluding carboxylic acids is 1. The highest BCUT2D eigenvalue weighted by Gasteiger charge is 2.26. The summed E-state index contributed by atoms with van der Waals surface area (Å²) in [6, 6.07) is 4.92. The van der Waals surface area contributed by atoms with E-state index >= 15 is 0 Å². The van der Waals surface area contributed by atoms with Crippen molar-refractivity contribution in [1.82, 2.24) is 14.9 Å². The van der Waals surface area contributed by atoms with Gasteiger partial charge in [-0.05, 0) is 50.8 Å². The van der Waals surface area contributed by atoms with Gasteiger partial charge in [-0.25, -0.2) is 18.5 Å². The first kappa shape index (κ1) is 21.1. The van der Waals surface area contributed by atoms with Crippen LogP contribution < -0.4 is 10.5 Å². The zero-order valence-corrected chi connectivity index (χ0v) is 18.1. The zero-order valence-electron chi connectivity index (χ0n) is 16.5. The molecule has 0 bridgehead atoms. The molecule has 28 heavy (non-hydrogen) atoms. The van der Waals surface area contributed by atoms with E-state index in [-0.39, 0.29) is 22.1 Å². The van der Waals surface area contributed by atoms with Gasteiger partial charge in [0.05, 0.1) is 21.2 Å². The number of primary sulfonamides is 1. The summed E-state index contributed by atoms with van der Waals surface area (Å²) >= 11 is 1.39. The van der Waals surface area contributed by atoms with Crippen molar-refractivity contribution in [3.8, 4) is 0 Å². The van der Waals surface area contributed by atoms with Gasteiger partial charge in [0, 0.05) is 12.6 Å². The van der Waals surface area contributed by atoms with Gasteiger partial charge in [-0.2, -0.15) is 0 Å². The summed E-state index contributed by atoms with van der Waals surface area (Å²) in [5.74, 6) is 0.524. The summed E-state index contributed by atoms with van der Waals surface area (Å²) in [6.07, 6.45) is 4.59. The molecule has 1 heterocycles. The van der Waals surface area contributed by atoms with Gasteiger partial charge < -0.3 is 9.88 Å². The molecule has 3 N–H and O–H groups in total. The molecule has 1 saturated carbocycles. The molecule has 3 atom stereocenters. The average molecular weight is 425 g/mol. The second-order valence-corrected chi connectivity index (χ2v) is 10.3. The number of imidazole rings is 1. The Morgan fingerprint density at radius 2 is 2.11 bits per heavy atom. The fourth-order valence-electron chi connectivity index (χ4n) is 3.70. The molecule has 1 aromatic heterocycles. The highest BCUT2D eigenvalue weighted by Crippen LogP contribution is 2.29. The number of aryl methyl sites for hydroxylation is 1. The first-order valence-electron chi connectivity index (χ1n) is 9.70. The van der Waals surface area contributed by atoms with Crippen LogP contribution in [-0.2, 0) is 21.4 Å². The number of nitrogens with two attached hydrogens (primary N) is 1. The lowest BCUT2D eigenvalue weighted by Gasteiger charge is -2.30. The van der Waals surface area contributed by atoms with E-state index in [1.165, 1.54) is 30.3 Å². The topological polar surface area (TPSA) is 107 Å². The van der Waals surface area contributed by atoms with Crippen LogP contribution in [0.15, 0.2) is 28.3 Å². The molecule has 7 nitrogen and oxygen atoms in total. The van der Waals surface area contributed by atoms with Crippen molar-refractivity contribution >= 4 is 38.7 Å². The van der Waals surface area contributed by atoms with Gasteiger partial charge in [0.15, 0.2) is 5.16 Å². The number of rotatable bonds is 6. The molecule has 3 unspecified atom stereocenters. The van der Waals surface area contributed by atoms with Gasteiger partial charge in [-0.3, -0.25) is 4.79 Å². The van der Waals surface area contributed by atoms with Gasteiger partial charge in [-0.15, -0.1) is 0 Å². The monoisotopic (exact) mass is 424 g/mol. The second kappa shape index (κ2) is 8.42. The van der Waals surface area contributed by atoms with E-state index in [0.29, 0.717) is 23.1 Å². The summed E-state index contributed by atoms with van der Waals surface area (Å²) in [5.41, 5.74) is 1.38. The Labute approximate surface area is 170 Å². The molecule has 0 radical (unpaired) electrons. The predicted octanol–water partition coefficient (Wildman–Crippen LogP) is 2.88. The summed E-state index contributed by atoms with van der Waals surface area (Å²) in [6.45, 7) is 6.74. The number of nitrogens with zero attached hydrogens (tertiary/aromatic N) is 2. The van der Waals surface area contributed by atoms with Crippen LogP contribution in [0, 0.1) is 5.92 Å². The van der Waals surface area contributed by atoms with Crippen molar-refractivity contribution in [3.05, 3.63) is 18.2 Å². The molecule has 0 spiro atoms. The number of fused-ring (bicyclic) bond motifs is 1. The standard InChI is InChI=1S/C19H28N4O3S2/c1-4-23-17-10-9-14(28(20,25)26)11-16(17)22-19(23)27-13(3)18(24)21-15-8-6-5-7-12(15)2/h9-13,15H,4-8H2,1-3H3,(H,21,24)(H2,20,25,26). The maximum absolute atomic E-state index is 12.7. The van der Waals surface area contributed by atoms with Gasteiger partial charge >= 0.3 is 0 Å². The number of hydrogen-bond donors (Lipinski definition) is 2. The van der Waals surface area contributed by atoms with E-state index in [1.807, 2.05) is 18.4 Å². The van der Waals surface area contributed by atoms with Crippen LogP contribution in [-0.4, -0.2) is 35.2 Å². The molecule has 0 saturated heterocycles. The first-order valence-corrected chi connectivity index (χ1v) is 12.1. The van der Waals surface area contributed by atoms with Crippen LogP contribution in [0.5, 0.6) is 0 Å². The van der Waals surface area contributed by atoms with Gasteiger partial charge in [0.1, 0.15) is 0 Å². The van der Waals surface area contributed by atoms with Crippen LogP contribution in [0.1, 0.15) is 46.5 Å². The van der Waals surface area contributed by atoms with Crippen molar-refractivity contribution in [3.63, 3.8) is 0 Å². The van der Waals surface area contributed by atoms with Gasteiger partial charge in [-0.1, -0.05) is 31.5 Å². The number of sulfonamides is 1. The molecule has 154 valence electrons. The van der Waals surface area contributed by atoms with Crippen LogP contribution >= 0.6 is 11.8 Å². The van der Waals surface area contributed by atoms with E-state index in [2.05, 4.69) is 17.2 Å². The van der Waals surface area contributed by atoms with Crippen molar-refractivity contribution in [1.29, 1.82) is 0 Å². The first-order chi connectivity index (χ1) is 13.2. The van der Waals surface area contributed by atoms with Crippen LogP contribution in [0.25, 0.3) is 11.0 Å². The fraction of sp³-hybridized carbons (Fsp3) is 0.579. The Bertz CT molecular complexity index is 971. The third kappa shape index (κ3) is 4.52. The van der Waals surface area contributed by atoms with E-state index in [0.717, 1.165) is 24.8 Å². The molecule has 1 aliphatic carbocycles. The Morgan fingerprint density at radius 3 is 2.75 bits per heavy atom. The molecule has 1 aliphatic rings. The number of amides is 1. The lowest BCUT2D eigenvalue weighted by Crippen LogP contribution is -2.44. The third-order valence-corrected chi connectivity index (χ3v) is 7.42. The summed E-state index contributed by atoms with van der Waals surface area (Å²) in [4.78, 5) is 17.3. The van der Waals surface area contributed by atoms with E-state index in [4.69, 9.17) is 5.14 Å². The Morgan fingerprint density at radius 1 is 1.39 bits per heavy atom. The number of carbonyl (C=O) groups is 1. The van der Waals surface area contributed by atoms with Crippen LogP contribution in [0.2, 0.25) is 0 Å². The molecule has 1 fully saturated rings. The largest absolute Gasteiger partial charge is 0.352 e. The minimum Gasteiger partial charge on any atom is -0.352 e. The molecule has 0 aliphatic heterocycles. The number of benzene rings is 1. The third-order valence-electron chi connectivity index (χ3n) is 5.42. The summed E-state index contributed by atoms with van der Waals surface area (Å²) in [7, 11) is -3.78. The van der Waals surface area contributed by atoms with Crippen LogP contribution in [0.4, 0.5) is 0 Å². The normalized spacial score (nSPS) is 21.6. The lowest BCUT2D eigenvalue weighted by atomic mass is 9.86. The highest BCUT2D eigenvalue weighted by atomic mass is 32.2. The zero-order chi connectivity index (χ0) is 20.5. The predicted molar refractivity (Wildman–Crippen MR) is 112 cm³/mol. The summed E-state index contributed by atoms with van der Waals surface area (Å²) in [5, 5.41) is 8.82. The SMILES string of the molecule is CCn1c(SC(C)C(=O)NC2CCCCC2C)nc2cc(S(N)(=O)=O)ccc21. The van der Waals surface area contributed by atoms with Crippen molar-refractivity contribution in [2.75, 3.05) is 0 Å². The maximum Gasteiger partial charge on any atom is 0.238 e. The smallest absolute Gasteiger partial charge is 0.238 e.